The summed E-state index contributed by atoms with van der Waals surface area (Å²) < 4.78 is 23.6. The maximum Gasteiger partial charge on any atom is 0.234 e. The van der Waals surface area contributed by atoms with Crippen LogP contribution in [0.3, 0.4) is 0 Å². The van der Waals surface area contributed by atoms with Crippen molar-refractivity contribution in [2.75, 3.05) is 20.4 Å². The van der Waals surface area contributed by atoms with Gasteiger partial charge < -0.3 is 14.8 Å². The van der Waals surface area contributed by atoms with Gasteiger partial charge >= 0.3 is 0 Å². The van der Waals surface area contributed by atoms with Gasteiger partial charge in [0.2, 0.25) is 12.7 Å². The molecule has 25 heavy (non-hydrogen) atoms. The fraction of sp³-hybridized carbons (Fsp3) is 0.316. The minimum Gasteiger partial charge on any atom is -0.454 e. The van der Waals surface area contributed by atoms with E-state index in [1.54, 1.807) is 12.1 Å². The van der Waals surface area contributed by atoms with Crippen LogP contribution in [0.4, 0.5) is 4.39 Å². The maximum absolute atomic E-state index is 12.9. The molecule has 1 aliphatic heterocycles. The van der Waals surface area contributed by atoms with Gasteiger partial charge in [-0.2, -0.15) is 0 Å². The predicted molar refractivity (Wildman–Crippen MR) is 91.9 cm³/mol. The molecule has 6 heteroatoms. The Morgan fingerprint density at radius 2 is 1.92 bits per heavy atom. The molecule has 1 amide bonds. The summed E-state index contributed by atoms with van der Waals surface area (Å²) in [5, 5.41) is 2.98. The van der Waals surface area contributed by atoms with Gasteiger partial charge in [0.05, 0.1) is 12.6 Å². The predicted octanol–water partition coefficient (Wildman–Crippen LogP) is 2.86. The Balaban J connectivity index is 1.52. The number of benzene rings is 2. The van der Waals surface area contributed by atoms with Crippen LogP contribution < -0.4 is 14.8 Å². The molecule has 0 aliphatic carbocycles. The number of hydrogen-bond acceptors (Lipinski definition) is 4. The molecule has 1 N–H and O–H groups in total. The molecule has 2 aromatic carbocycles. The van der Waals surface area contributed by atoms with E-state index < -0.39 is 0 Å². The van der Waals surface area contributed by atoms with E-state index in [-0.39, 0.29) is 31.1 Å². The van der Waals surface area contributed by atoms with Crippen molar-refractivity contribution in [3.63, 3.8) is 0 Å². The smallest absolute Gasteiger partial charge is 0.234 e. The van der Waals surface area contributed by atoms with E-state index in [9.17, 15) is 9.18 Å². The van der Waals surface area contributed by atoms with Gasteiger partial charge in [-0.1, -0.05) is 18.2 Å². The molecule has 0 aromatic heterocycles. The zero-order valence-electron chi connectivity index (χ0n) is 14.3. The monoisotopic (exact) mass is 344 g/mol. The van der Waals surface area contributed by atoms with Crippen LogP contribution in [0.1, 0.15) is 24.1 Å². The van der Waals surface area contributed by atoms with Crippen molar-refractivity contribution in [3.8, 4) is 11.5 Å². The average molecular weight is 344 g/mol. The van der Waals surface area contributed by atoms with Crippen molar-refractivity contribution in [3.05, 3.63) is 59.4 Å². The van der Waals surface area contributed by atoms with Gasteiger partial charge in [-0.3, -0.25) is 9.69 Å². The first kappa shape index (κ1) is 17.2. The lowest BCUT2D eigenvalue weighted by atomic mass is 10.1. The van der Waals surface area contributed by atoms with E-state index >= 15 is 0 Å². The van der Waals surface area contributed by atoms with Crippen molar-refractivity contribution in [2.24, 2.45) is 0 Å². The summed E-state index contributed by atoms with van der Waals surface area (Å²) in [7, 11) is 1.86. The van der Waals surface area contributed by atoms with Crippen molar-refractivity contribution in [1.29, 1.82) is 0 Å². The lowest BCUT2D eigenvalue weighted by molar-refractivity contribution is -0.122. The highest BCUT2D eigenvalue weighted by Crippen LogP contribution is 2.34. The van der Waals surface area contributed by atoms with Crippen LogP contribution >= 0.6 is 0 Å². The van der Waals surface area contributed by atoms with Crippen LogP contribution in [-0.2, 0) is 11.3 Å². The number of likely N-dealkylation sites (N-methyl/N-ethyl adjacent to an activating group) is 1. The maximum atomic E-state index is 12.9. The number of amides is 1. The van der Waals surface area contributed by atoms with Crippen LogP contribution in [0.15, 0.2) is 42.5 Å². The first-order valence-corrected chi connectivity index (χ1v) is 8.13. The lowest BCUT2D eigenvalue weighted by Gasteiger charge is -2.19. The van der Waals surface area contributed by atoms with Gasteiger partial charge in [0.1, 0.15) is 5.82 Å². The van der Waals surface area contributed by atoms with Crippen LogP contribution in [-0.4, -0.2) is 31.2 Å². The average Bonchev–Trinajstić information content (AvgIpc) is 3.04. The second-order valence-electron chi connectivity index (χ2n) is 6.20. The number of nitrogens with one attached hydrogen (secondary N) is 1. The Morgan fingerprint density at radius 1 is 1.20 bits per heavy atom. The van der Waals surface area contributed by atoms with Crippen LogP contribution in [0.5, 0.6) is 11.5 Å². The summed E-state index contributed by atoms with van der Waals surface area (Å²) in [4.78, 5) is 14.1. The highest BCUT2D eigenvalue weighted by Gasteiger charge is 2.17. The van der Waals surface area contributed by atoms with Gasteiger partial charge in [0.25, 0.3) is 0 Å². The van der Waals surface area contributed by atoms with Crippen molar-refractivity contribution < 1.29 is 18.7 Å². The fourth-order valence-electron chi connectivity index (χ4n) is 2.76. The topological polar surface area (TPSA) is 50.8 Å². The van der Waals surface area contributed by atoms with E-state index in [1.807, 2.05) is 37.1 Å². The number of hydrogen-bond donors (Lipinski definition) is 1. The largest absolute Gasteiger partial charge is 0.454 e. The van der Waals surface area contributed by atoms with Gasteiger partial charge in [-0.25, -0.2) is 4.39 Å². The molecule has 0 fully saturated rings. The highest BCUT2D eigenvalue weighted by molar-refractivity contribution is 5.78. The van der Waals surface area contributed by atoms with Crippen molar-refractivity contribution >= 4 is 5.91 Å². The first-order valence-electron chi connectivity index (χ1n) is 8.13. The molecule has 0 bridgehead atoms. The van der Waals surface area contributed by atoms with E-state index in [2.05, 4.69) is 5.32 Å². The molecule has 3 rings (SSSR count). The number of carbonyl (C=O) groups excluding carboxylic acids is 1. The Hall–Kier alpha value is -2.60. The molecule has 0 saturated carbocycles. The van der Waals surface area contributed by atoms with Gasteiger partial charge in [-0.05, 0) is 49.4 Å². The van der Waals surface area contributed by atoms with Crippen molar-refractivity contribution in [2.45, 2.75) is 19.5 Å². The van der Waals surface area contributed by atoms with E-state index in [0.717, 1.165) is 16.9 Å². The molecule has 2 aromatic rings. The Kier molecular flexibility index (Phi) is 5.19. The normalized spacial score (nSPS) is 13.8. The fourth-order valence-corrected chi connectivity index (χ4v) is 2.76. The van der Waals surface area contributed by atoms with Crippen LogP contribution in [0.2, 0.25) is 0 Å². The van der Waals surface area contributed by atoms with Gasteiger partial charge in [0.15, 0.2) is 11.5 Å². The Bertz CT molecular complexity index is 749. The zero-order valence-corrected chi connectivity index (χ0v) is 14.3. The number of rotatable bonds is 6. The molecular weight excluding hydrogens is 323 g/mol. The molecular formula is C19H21FN2O3. The number of ether oxygens (including phenoxy) is 2. The second-order valence-corrected chi connectivity index (χ2v) is 6.20. The molecule has 0 spiro atoms. The third-order valence-electron chi connectivity index (χ3n) is 4.05. The number of carbonyl (C=O) groups is 1. The molecule has 1 aliphatic rings. The molecule has 132 valence electrons. The summed E-state index contributed by atoms with van der Waals surface area (Å²) >= 11 is 0. The van der Waals surface area contributed by atoms with E-state index in [1.165, 1.54) is 12.1 Å². The van der Waals surface area contributed by atoms with E-state index in [0.29, 0.717) is 12.3 Å². The Labute approximate surface area is 146 Å². The quantitative estimate of drug-likeness (QED) is 0.875. The SMILES string of the molecule is C[C@@H](NC(=O)CN(C)Cc1ccc(F)cc1)c1ccc2c(c1)OCO2. The molecule has 1 heterocycles. The summed E-state index contributed by atoms with van der Waals surface area (Å²) in [5.41, 5.74) is 1.92. The first-order chi connectivity index (χ1) is 12.0. The summed E-state index contributed by atoms with van der Waals surface area (Å²) in [6.07, 6.45) is 0. The Morgan fingerprint density at radius 3 is 2.68 bits per heavy atom. The summed E-state index contributed by atoms with van der Waals surface area (Å²) in [6, 6.07) is 11.8. The summed E-state index contributed by atoms with van der Waals surface area (Å²) in [6.45, 7) is 2.99. The minimum absolute atomic E-state index is 0.0743. The third kappa shape index (κ3) is 4.48. The lowest BCUT2D eigenvalue weighted by Crippen LogP contribution is -2.36. The van der Waals surface area contributed by atoms with Gasteiger partial charge in [-0.15, -0.1) is 0 Å². The number of halogens is 1. The zero-order chi connectivity index (χ0) is 17.8. The van der Waals surface area contributed by atoms with Crippen LogP contribution in [0, 0.1) is 5.82 Å². The highest BCUT2D eigenvalue weighted by atomic mass is 19.1. The second kappa shape index (κ2) is 7.53. The van der Waals surface area contributed by atoms with Crippen molar-refractivity contribution in [1.82, 2.24) is 10.2 Å². The van der Waals surface area contributed by atoms with Gasteiger partial charge in [0, 0.05) is 6.54 Å². The van der Waals surface area contributed by atoms with Crippen LogP contribution in [0.25, 0.3) is 0 Å². The van der Waals surface area contributed by atoms with E-state index in [4.69, 9.17) is 9.47 Å². The molecule has 0 unspecified atom stereocenters. The minimum atomic E-state index is -0.262. The molecule has 5 nitrogen and oxygen atoms in total. The molecule has 0 radical (unpaired) electrons. The number of nitrogens with zero attached hydrogens (tertiary/aromatic N) is 1. The summed E-state index contributed by atoms with van der Waals surface area (Å²) in [5.74, 6) is 1.09. The standard InChI is InChI=1S/C19H21FN2O3/c1-13(15-5-8-17-18(9-15)25-12-24-17)21-19(23)11-22(2)10-14-3-6-16(20)7-4-14/h3-9,13H,10-12H2,1-2H3,(H,21,23)/t13-/m1/s1. The molecule has 0 saturated heterocycles. The third-order valence-corrected chi connectivity index (χ3v) is 4.05. The molecule has 1 atom stereocenters. The number of fused-ring (bicyclic) bond motifs is 1.